The van der Waals surface area contributed by atoms with Gasteiger partial charge in [0, 0.05) is 7.05 Å². The number of hydrogen-bond donors (Lipinski definition) is 0. The first-order chi connectivity index (χ1) is 6.61. The maximum absolute atomic E-state index is 11.8. The van der Waals surface area contributed by atoms with E-state index in [2.05, 4.69) is 10.2 Å². The van der Waals surface area contributed by atoms with E-state index >= 15 is 0 Å². The van der Waals surface area contributed by atoms with Gasteiger partial charge in [-0.1, -0.05) is 6.42 Å². The van der Waals surface area contributed by atoms with E-state index in [0.717, 1.165) is 12.8 Å². The Balaban J connectivity index is 2.38. The molecule has 1 aromatic heterocycles. The summed E-state index contributed by atoms with van der Waals surface area (Å²) < 4.78 is 25.2. The van der Waals surface area contributed by atoms with Crippen LogP contribution in [-0.2, 0) is 16.9 Å². The van der Waals surface area contributed by atoms with Gasteiger partial charge < -0.3 is 4.57 Å². The molecule has 0 bridgehead atoms. The summed E-state index contributed by atoms with van der Waals surface area (Å²) in [5.41, 5.74) is 0. The van der Waals surface area contributed by atoms with E-state index in [4.69, 9.17) is 0 Å². The molecule has 78 valence electrons. The molecule has 0 aromatic carbocycles. The van der Waals surface area contributed by atoms with Crippen LogP contribution in [0.2, 0.25) is 0 Å². The standard InChI is InChI=1S/C8H13N3O2S/c1-11-6-9-10-8(11)7-4-2-3-5-14(7,12)13/h6-7H,2-5H2,1H3. The molecule has 0 N–H and O–H groups in total. The van der Waals surface area contributed by atoms with E-state index in [1.807, 2.05) is 0 Å². The lowest BCUT2D eigenvalue weighted by Gasteiger charge is -2.20. The highest BCUT2D eigenvalue weighted by molar-refractivity contribution is 7.91. The van der Waals surface area contributed by atoms with E-state index in [1.165, 1.54) is 0 Å². The lowest BCUT2D eigenvalue weighted by molar-refractivity contribution is 0.532. The van der Waals surface area contributed by atoms with Crippen molar-refractivity contribution in [1.29, 1.82) is 0 Å². The van der Waals surface area contributed by atoms with E-state index in [-0.39, 0.29) is 5.75 Å². The molecule has 1 atom stereocenters. The molecule has 14 heavy (non-hydrogen) atoms. The van der Waals surface area contributed by atoms with Gasteiger partial charge in [-0.15, -0.1) is 10.2 Å². The molecule has 1 aliphatic rings. The average Bonchev–Trinajstić information content (AvgIpc) is 2.51. The summed E-state index contributed by atoms with van der Waals surface area (Å²) in [6.45, 7) is 0. The lowest BCUT2D eigenvalue weighted by atomic mass is 10.2. The van der Waals surface area contributed by atoms with Crippen molar-refractivity contribution in [2.75, 3.05) is 5.75 Å². The van der Waals surface area contributed by atoms with Crippen LogP contribution in [0.1, 0.15) is 30.3 Å². The zero-order chi connectivity index (χ0) is 10.2. The van der Waals surface area contributed by atoms with Crippen LogP contribution >= 0.6 is 0 Å². The fourth-order valence-electron chi connectivity index (χ4n) is 1.83. The first-order valence-corrected chi connectivity index (χ1v) is 6.38. The minimum atomic E-state index is -2.99. The maximum Gasteiger partial charge on any atom is 0.160 e. The first-order valence-electron chi connectivity index (χ1n) is 4.67. The third kappa shape index (κ3) is 1.54. The van der Waals surface area contributed by atoms with Crippen molar-refractivity contribution in [2.24, 2.45) is 7.05 Å². The lowest BCUT2D eigenvalue weighted by Crippen LogP contribution is -2.24. The second-order valence-corrected chi connectivity index (χ2v) is 5.95. The van der Waals surface area contributed by atoms with E-state index in [9.17, 15) is 8.42 Å². The van der Waals surface area contributed by atoms with Gasteiger partial charge in [-0.3, -0.25) is 0 Å². The topological polar surface area (TPSA) is 64.8 Å². The van der Waals surface area contributed by atoms with Gasteiger partial charge in [0.15, 0.2) is 15.7 Å². The molecule has 0 saturated carbocycles. The number of aromatic nitrogens is 3. The van der Waals surface area contributed by atoms with Gasteiger partial charge in [0.25, 0.3) is 0 Å². The predicted molar refractivity (Wildman–Crippen MR) is 51.4 cm³/mol. The molecule has 6 heteroatoms. The second kappa shape index (κ2) is 3.34. The molecule has 1 saturated heterocycles. The zero-order valence-corrected chi connectivity index (χ0v) is 8.87. The Morgan fingerprint density at radius 1 is 1.50 bits per heavy atom. The van der Waals surface area contributed by atoms with Crippen LogP contribution in [0.25, 0.3) is 0 Å². The molecular formula is C8H13N3O2S. The Morgan fingerprint density at radius 2 is 2.29 bits per heavy atom. The largest absolute Gasteiger partial charge is 0.320 e. The Labute approximate surface area is 83.1 Å². The minimum Gasteiger partial charge on any atom is -0.320 e. The van der Waals surface area contributed by atoms with Crippen molar-refractivity contribution in [3.63, 3.8) is 0 Å². The molecular weight excluding hydrogens is 202 g/mol. The molecule has 0 aliphatic carbocycles. The monoisotopic (exact) mass is 215 g/mol. The van der Waals surface area contributed by atoms with Crippen LogP contribution < -0.4 is 0 Å². The molecule has 1 fully saturated rings. The molecule has 5 nitrogen and oxygen atoms in total. The highest BCUT2D eigenvalue weighted by Crippen LogP contribution is 2.31. The molecule has 1 aliphatic heterocycles. The van der Waals surface area contributed by atoms with E-state index in [0.29, 0.717) is 12.2 Å². The molecule has 0 spiro atoms. The molecule has 0 amide bonds. The summed E-state index contributed by atoms with van der Waals surface area (Å²) in [6, 6.07) is 0. The van der Waals surface area contributed by atoms with Gasteiger partial charge in [0.2, 0.25) is 0 Å². The minimum absolute atomic E-state index is 0.282. The van der Waals surface area contributed by atoms with Crippen LogP contribution in [0, 0.1) is 0 Å². The summed E-state index contributed by atoms with van der Waals surface area (Å²) in [7, 11) is -1.22. The summed E-state index contributed by atoms with van der Waals surface area (Å²) in [5.74, 6) is 0.856. The molecule has 2 rings (SSSR count). The summed E-state index contributed by atoms with van der Waals surface area (Å²) >= 11 is 0. The van der Waals surface area contributed by atoms with Crippen molar-refractivity contribution in [2.45, 2.75) is 24.5 Å². The third-order valence-electron chi connectivity index (χ3n) is 2.61. The summed E-state index contributed by atoms with van der Waals surface area (Å²) in [5, 5.41) is 7.14. The SMILES string of the molecule is Cn1cnnc1C1CCCCS1(=O)=O. The van der Waals surface area contributed by atoms with Crippen molar-refractivity contribution in [1.82, 2.24) is 14.8 Å². The Kier molecular flexibility index (Phi) is 2.30. The number of nitrogens with zero attached hydrogens (tertiary/aromatic N) is 3. The van der Waals surface area contributed by atoms with Crippen LogP contribution in [0.15, 0.2) is 6.33 Å². The van der Waals surface area contributed by atoms with Crippen molar-refractivity contribution in [3.05, 3.63) is 12.2 Å². The number of hydrogen-bond acceptors (Lipinski definition) is 4. The van der Waals surface area contributed by atoms with Crippen LogP contribution in [0.3, 0.4) is 0 Å². The van der Waals surface area contributed by atoms with Gasteiger partial charge in [-0.2, -0.15) is 0 Å². The van der Waals surface area contributed by atoms with Gasteiger partial charge in [0.05, 0.1) is 5.75 Å². The summed E-state index contributed by atoms with van der Waals surface area (Å²) in [6.07, 6.45) is 3.95. The highest BCUT2D eigenvalue weighted by Gasteiger charge is 2.33. The van der Waals surface area contributed by atoms with E-state index in [1.54, 1.807) is 17.9 Å². The molecule has 2 heterocycles. The maximum atomic E-state index is 11.8. The fraction of sp³-hybridized carbons (Fsp3) is 0.750. The highest BCUT2D eigenvalue weighted by atomic mass is 32.2. The molecule has 1 unspecified atom stereocenters. The molecule has 0 radical (unpaired) electrons. The Morgan fingerprint density at radius 3 is 2.86 bits per heavy atom. The zero-order valence-electron chi connectivity index (χ0n) is 8.05. The number of aryl methyl sites for hydroxylation is 1. The first kappa shape index (κ1) is 9.64. The quantitative estimate of drug-likeness (QED) is 0.682. The predicted octanol–water partition coefficient (Wildman–Crippen LogP) is 0.455. The second-order valence-electron chi connectivity index (χ2n) is 3.65. The summed E-state index contributed by atoms with van der Waals surface area (Å²) in [4.78, 5) is 0. The number of rotatable bonds is 1. The Bertz CT molecular complexity index is 424. The Hall–Kier alpha value is -0.910. The van der Waals surface area contributed by atoms with Crippen molar-refractivity contribution in [3.8, 4) is 0 Å². The van der Waals surface area contributed by atoms with Crippen LogP contribution in [-0.4, -0.2) is 28.9 Å². The van der Waals surface area contributed by atoms with Gasteiger partial charge in [0.1, 0.15) is 11.6 Å². The van der Waals surface area contributed by atoms with Gasteiger partial charge in [-0.05, 0) is 12.8 Å². The number of sulfone groups is 1. The van der Waals surface area contributed by atoms with Crippen LogP contribution in [0.4, 0.5) is 0 Å². The van der Waals surface area contributed by atoms with E-state index < -0.39 is 15.1 Å². The fourth-order valence-corrected chi connectivity index (χ4v) is 3.78. The van der Waals surface area contributed by atoms with Gasteiger partial charge in [-0.25, -0.2) is 8.42 Å². The van der Waals surface area contributed by atoms with Gasteiger partial charge >= 0.3 is 0 Å². The molecule has 1 aromatic rings. The van der Waals surface area contributed by atoms with Crippen molar-refractivity contribution >= 4 is 9.84 Å². The smallest absolute Gasteiger partial charge is 0.160 e. The third-order valence-corrected chi connectivity index (χ3v) is 4.78. The van der Waals surface area contributed by atoms with Crippen LogP contribution in [0.5, 0.6) is 0 Å². The normalized spacial score (nSPS) is 26.2. The average molecular weight is 215 g/mol. The van der Waals surface area contributed by atoms with Crippen molar-refractivity contribution < 1.29 is 8.42 Å².